The van der Waals surface area contributed by atoms with Gasteiger partial charge in [-0.2, -0.15) is 0 Å². The van der Waals surface area contributed by atoms with Gasteiger partial charge in [-0.25, -0.2) is 15.0 Å². The van der Waals surface area contributed by atoms with E-state index >= 15 is 0 Å². The Morgan fingerprint density at radius 3 is 2.81 bits per heavy atom. The first-order valence-corrected chi connectivity index (χ1v) is 7.92. The fourth-order valence-corrected chi connectivity index (χ4v) is 3.30. The Labute approximate surface area is 128 Å². The van der Waals surface area contributed by atoms with E-state index in [4.69, 9.17) is 4.74 Å². The highest BCUT2D eigenvalue weighted by Gasteiger charge is 2.21. The van der Waals surface area contributed by atoms with E-state index in [0.717, 1.165) is 42.6 Å². The molecule has 21 heavy (non-hydrogen) atoms. The lowest BCUT2D eigenvalue weighted by Gasteiger charge is -2.32. The molecule has 6 nitrogen and oxygen atoms in total. The molecule has 3 rings (SSSR count). The van der Waals surface area contributed by atoms with Crippen LogP contribution in [0.5, 0.6) is 5.88 Å². The molecule has 7 heteroatoms. The van der Waals surface area contributed by atoms with Gasteiger partial charge in [0.05, 0.1) is 12.8 Å². The third kappa shape index (κ3) is 3.41. The fourth-order valence-electron chi connectivity index (χ4n) is 2.44. The standard InChI is InChI=1S/C14H19N5OS/c1-10-8-21-14(17-10)19-5-3-11(4-6-19)18-12-7-13(20-2)16-9-15-12/h7-9,11H,3-6H2,1-2H3,(H,15,16,18). The summed E-state index contributed by atoms with van der Waals surface area (Å²) in [6.07, 6.45) is 3.67. The lowest BCUT2D eigenvalue weighted by atomic mass is 10.1. The second-order valence-electron chi connectivity index (χ2n) is 5.12. The van der Waals surface area contributed by atoms with Crippen LogP contribution >= 0.6 is 11.3 Å². The van der Waals surface area contributed by atoms with Gasteiger partial charge in [-0.3, -0.25) is 0 Å². The number of ether oxygens (including phenoxy) is 1. The average Bonchev–Trinajstić information content (AvgIpc) is 2.95. The molecule has 1 aliphatic heterocycles. The molecule has 0 aromatic carbocycles. The van der Waals surface area contributed by atoms with Crippen molar-refractivity contribution in [3.8, 4) is 5.88 Å². The molecule has 0 unspecified atom stereocenters. The van der Waals surface area contributed by atoms with E-state index in [9.17, 15) is 0 Å². The van der Waals surface area contributed by atoms with E-state index in [1.165, 1.54) is 6.33 Å². The first kappa shape index (κ1) is 14.1. The molecular formula is C14H19N5OS. The lowest BCUT2D eigenvalue weighted by Crippen LogP contribution is -2.39. The predicted molar refractivity (Wildman–Crippen MR) is 84.3 cm³/mol. The van der Waals surface area contributed by atoms with Crippen LogP contribution < -0.4 is 15.0 Å². The highest BCUT2D eigenvalue weighted by molar-refractivity contribution is 7.13. The summed E-state index contributed by atoms with van der Waals surface area (Å²) in [5.41, 5.74) is 1.10. The van der Waals surface area contributed by atoms with E-state index in [1.807, 2.05) is 13.0 Å². The third-order valence-corrected chi connectivity index (χ3v) is 4.59. The highest BCUT2D eigenvalue weighted by atomic mass is 32.1. The molecule has 0 saturated carbocycles. The minimum atomic E-state index is 0.432. The molecule has 112 valence electrons. The fraction of sp³-hybridized carbons (Fsp3) is 0.500. The van der Waals surface area contributed by atoms with Gasteiger partial charge in [0.15, 0.2) is 5.13 Å². The van der Waals surface area contributed by atoms with Gasteiger partial charge in [0.25, 0.3) is 0 Å². The van der Waals surface area contributed by atoms with Crippen molar-refractivity contribution < 1.29 is 4.74 Å². The van der Waals surface area contributed by atoms with Crippen LogP contribution in [0.3, 0.4) is 0 Å². The Hall–Kier alpha value is -1.89. The lowest BCUT2D eigenvalue weighted by molar-refractivity contribution is 0.397. The molecule has 1 aliphatic rings. The minimum Gasteiger partial charge on any atom is -0.481 e. The number of thiazole rings is 1. The largest absolute Gasteiger partial charge is 0.481 e. The summed E-state index contributed by atoms with van der Waals surface area (Å²) in [7, 11) is 1.61. The van der Waals surface area contributed by atoms with Crippen molar-refractivity contribution in [2.24, 2.45) is 0 Å². The Balaban J connectivity index is 1.56. The number of nitrogens with one attached hydrogen (secondary N) is 1. The number of rotatable bonds is 4. The number of methoxy groups -OCH3 is 1. The van der Waals surface area contributed by atoms with Gasteiger partial charge in [-0.15, -0.1) is 11.3 Å². The second kappa shape index (κ2) is 6.26. The molecular weight excluding hydrogens is 286 g/mol. The van der Waals surface area contributed by atoms with Crippen LogP contribution in [0.2, 0.25) is 0 Å². The number of aryl methyl sites for hydroxylation is 1. The molecule has 0 amide bonds. The zero-order valence-corrected chi connectivity index (χ0v) is 13.1. The van der Waals surface area contributed by atoms with Crippen LogP contribution in [0.1, 0.15) is 18.5 Å². The van der Waals surface area contributed by atoms with Crippen molar-refractivity contribution in [3.63, 3.8) is 0 Å². The summed E-state index contributed by atoms with van der Waals surface area (Å²) >= 11 is 1.72. The first-order chi connectivity index (χ1) is 10.2. The van der Waals surface area contributed by atoms with E-state index in [-0.39, 0.29) is 0 Å². The Kier molecular flexibility index (Phi) is 4.19. The van der Waals surface area contributed by atoms with Crippen molar-refractivity contribution in [2.45, 2.75) is 25.8 Å². The topological polar surface area (TPSA) is 63.2 Å². The SMILES string of the molecule is COc1cc(NC2CCN(c3nc(C)cs3)CC2)ncn1. The van der Waals surface area contributed by atoms with Crippen LogP contribution in [0.25, 0.3) is 0 Å². The minimum absolute atomic E-state index is 0.432. The smallest absolute Gasteiger partial charge is 0.218 e. The van der Waals surface area contributed by atoms with Gasteiger partial charge in [-0.05, 0) is 19.8 Å². The number of hydrogen-bond acceptors (Lipinski definition) is 7. The molecule has 0 aliphatic carbocycles. The summed E-state index contributed by atoms with van der Waals surface area (Å²) in [6, 6.07) is 2.26. The van der Waals surface area contributed by atoms with Gasteiger partial charge in [0.2, 0.25) is 5.88 Å². The summed E-state index contributed by atoms with van der Waals surface area (Å²) in [5.74, 6) is 1.41. The summed E-state index contributed by atoms with van der Waals surface area (Å²) < 4.78 is 5.11. The van der Waals surface area contributed by atoms with Crippen LogP contribution in [-0.2, 0) is 0 Å². The Morgan fingerprint density at radius 2 is 2.14 bits per heavy atom. The maximum absolute atomic E-state index is 5.11. The Bertz CT molecular complexity index is 595. The van der Waals surface area contributed by atoms with Gasteiger partial charge in [0, 0.05) is 30.6 Å². The molecule has 3 heterocycles. The summed E-state index contributed by atoms with van der Waals surface area (Å²) in [5, 5.41) is 6.70. The molecule has 2 aromatic heterocycles. The van der Waals surface area contributed by atoms with Crippen molar-refractivity contribution in [3.05, 3.63) is 23.5 Å². The first-order valence-electron chi connectivity index (χ1n) is 7.04. The van der Waals surface area contributed by atoms with Gasteiger partial charge >= 0.3 is 0 Å². The number of aromatic nitrogens is 3. The third-order valence-electron chi connectivity index (χ3n) is 3.58. The van der Waals surface area contributed by atoms with Gasteiger partial charge < -0.3 is 15.0 Å². The van der Waals surface area contributed by atoms with E-state index in [2.05, 4.69) is 30.5 Å². The number of nitrogens with zero attached hydrogens (tertiary/aromatic N) is 4. The van der Waals surface area contributed by atoms with Crippen LogP contribution in [0, 0.1) is 6.92 Å². The zero-order chi connectivity index (χ0) is 14.7. The zero-order valence-electron chi connectivity index (χ0n) is 12.2. The molecule has 0 radical (unpaired) electrons. The number of hydrogen-bond donors (Lipinski definition) is 1. The highest BCUT2D eigenvalue weighted by Crippen LogP contribution is 2.25. The number of piperidine rings is 1. The monoisotopic (exact) mass is 305 g/mol. The van der Waals surface area contributed by atoms with Crippen LogP contribution in [0.15, 0.2) is 17.8 Å². The Morgan fingerprint density at radius 1 is 1.33 bits per heavy atom. The van der Waals surface area contributed by atoms with Crippen molar-refractivity contribution in [2.75, 3.05) is 30.4 Å². The second-order valence-corrected chi connectivity index (χ2v) is 5.96. The molecule has 1 saturated heterocycles. The van der Waals surface area contributed by atoms with Crippen molar-refractivity contribution >= 4 is 22.3 Å². The van der Waals surface area contributed by atoms with E-state index in [1.54, 1.807) is 18.4 Å². The number of anilines is 2. The molecule has 0 spiro atoms. The molecule has 0 atom stereocenters. The summed E-state index contributed by atoms with van der Waals surface area (Å²) in [6.45, 7) is 4.08. The summed E-state index contributed by atoms with van der Waals surface area (Å²) in [4.78, 5) is 15.2. The van der Waals surface area contributed by atoms with Gasteiger partial charge in [0.1, 0.15) is 12.1 Å². The predicted octanol–water partition coefficient (Wildman–Crippen LogP) is 2.33. The van der Waals surface area contributed by atoms with Crippen LogP contribution in [0.4, 0.5) is 10.9 Å². The van der Waals surface area contributed by atoms with Gasteiger partial charge in [-0.1, -0.05) is 0 Å². The van der Waals surface area contributed by atoms with E-state index < -0.39 is 0 Å². The molecule has 0 bridgehead atoms. The molecule has 2 aromatic rings. The van der Waals surface area contributed by atoms with E-state index in [0.29, 0.717) is 11.9 Å². The van der Waals surface area contributed by atoms with Crippen LogP contribution in [-0.4, -0.2) is 41.2 Å². The average molecular weight is 305 g/mol. The molecule has 1 fully saturated rings. The van der Waals surface area contributed by atoms with Crippen molar-refractivity contribution in [1.82, 2.24) is 15.0 Å². The maximum atomic E-state index is 5.11. The maximum Gasteiger partial charge on any atom is 0.218 e. The quantitative estimate of drug-likeness (QED) is 0.935. The van der Waals surface area contributed by atoms with Crippen molar-refractivity contribution in [1.29, 1.82) is 0 Å². The molecule has 1 N–H and O–H groups in total. The normalized spacial score (nSPS) is 16.0.